The maximum absolute atomic E-state index is 2.47. The number of hydrogen-bond acceptors (Lipinski definition) is 0. The SMILES string of the molecule is C1=CC[C]([Zr+](=[C](c2ccccc2)c2ccccc2)[CH]2c3ccccc3-c3ccccc32)=C1.[Cl-]. The Kier molecular flexibility index (Phi) is 6.54. The average Bonchev–Trinajstić information content (AvgIpc) is 3.51. The molecule has 0 N–H and O–H groups in total. The van der Waals surface area contributed by atoms with E-state index in [1.54, 1.807) is 6.49 Å². The van der Waals surface area contributed by atoms with Gasteiger partial charge in [-0.1, -0.05) is 0 Å². The first-order valence-electron chi connectivity index (χ1n) is 11.3. The summed E-state index contributed by atoms with van der Waals surface area (Å²) >= 11 is -2.47. The molecule has 0 radical (unpaired) electrons. The van der Waals surface area contributed by atoms with Crippen molar-refractivity contribution in [1.82, 2.24) is 0 Å². The van der Waals surface area contributed by atoms with Crippen LogP contribution in [0, 0.1) is 0 Å². The van der Waals surface area contributed by atoms with E-state index in [0.29, 0.717) is 3.63 Å². The van der Waals surface area contributed by atoms with Crippen LogP contribution in [-0.4, -0.2) is 3.21 Å². The van der Waals surface area contributed by atoms with Crippen molar-refractivity contribution in [3.8, 4) is 11.1 Å². The monoisotopic (exact) mass is 521 g/mol. The zero-order valence-electron chi connectivity index (χ0n) is 18.3. The van der Waals surface area contributed by atoms with E-state index in [2.05, 4.69) is 127 Å². The van der Waals surface area contributed by atoms with Crippen LogP contribution in [0.2, 0.25) is 0 Å². The van der Waals surface area contributed by atoms with Crippen LogP contribution >= 0.6 is 0 Å². The predicted molar refractivity (Wildman–Crippen MR) is 132 cm³/mol. The van der Waals surface area contributed by atoms with Gasteiger partial charge >= 0.3 is 199 Å². The third kappa shape index (κ3) is 3.99. The van der Waals surface area contributed by atoms with Crippen molar-refractivity contribution in [2.24, 2.45) is 0 Å². The van der Waals surface area contributed by atoms with Crippen molar-refractivity contribution in [1.29, 1.82) is 0 Å². The standard InChI is InChI=1S/C13H9.C13H10.C5H5.ClH.Zr/c1-3-7-12-10(5-1)9-11-6-2-4-8-13(11)12;1-3-7-12(8-4-1)11-13-9-5-2-6-10-13;1-2-4-5-3-1;;/h1-9H;1-10H;1-3H,4H2;1H;/q;;;;+1/p-1. The molecular weight excluding hydrogens is 499 g/mol. The molecular formula is C31H24ClZr. The van der Waals surface area contributed by atoms with Gasteiger partial charge in [-0.25, -0.2) is 0 Å². The van der Waals surface area contributed by atoms with Crippen LogP contribution in [0.1, 0.15) is 32.3 Å². The van der Waals surface area contributed by atoms with Gasteiger partial charge in [0.05, 0.1) is 0 Å². The maximum Gasteiger partial charge on any atom is -1.00 e. The number of halogens is 1. The summed E-state index contributed by atoms with van der Waals surface area (Å²) in [4.78, 5) is 0. The molecule has 0 saturated heterocycles. The smallest absolute Gasteiger partial charge is 1.00 e. The summed E-state index contributed by atoms with van der Waals surface area (Å²) in [6, 6.07) is 40.5. The predicted octanol–water partition coefficient (Wildman–Crippen LogP) is 4.49. The average molecular weight is 523 g/mol. The normalized spacial score (nSPS) is 13.6. The van der Waals surface area contributed by atoms with E-state index in [1.807, 2.05) is 0 Å². The van der Waals surface area contributed by atoms with Crippen LogP contribution in [0.4, 0.5) is 0 Å². The minimum atomic E-state index is -2.47. The molecule has 4 aromatic carbocycles. The van der Waals surface area contributed by atoms with Gasteiger partial charge in [0.2, 0.25) is 0 Å². The Labute approximate surface area is 209 Å². The van der Waals surface area contributed by atoms with Crippen molar-refractivity contribution in [2.75, 3.05) is 0 Å². The van der Waals surface area contributed by atoms with Gasteiger partial charge in [-0.2, -0.15) is 0 Å². The Morgan fingerprint density at radius 1 is 0.606 bits per heavy atom. The molecule has 2 heteroatoms. The minimum Gasteiger partial charge on any atom is -1.00 e. The molecule has 0 amide bonds. The zero-order valence-corrected chi connectivity index (χ0v) is 21.5. The number of benzene rings is 4. The van der Waals surface area contributed by atoms with Gasteiger partial charge < -0.3 is 12.4 Å². The molecule has 0 aromatic heterocycles. The molecule has 33 heavy (non-hydrogen) atoms. The summed E-state index contributed by atoms with van der Waals surface area (Å²) in [6.45, 7) is 0. The Morgan fingerprint density at radius 2 is 1.09 bits per heavy atom. The molecule has 0 saturated carbocycles. The molecule has 4 aromatic rings. The van der Waals surface area contributed by atoms with Gasteiger partial charge in [-0.15, -0.1) is 0 Å². The number of hydrogen-bond donors (Lipinski definition) is 0. The fourth-order valence-electron chi connectivity index (χ4n) is 5.29. The molecule has 0 nitrogen and oxygen atoms in total. The van der Waals surface area contributed by atoms with Crippen LogP contribution in [0.25, 0.3) is 11.1 Å². The Balaban J connectivity index is 0.00000228. The molecule has 2 aliphatic carbocycles. The van der Waals surface area contributed by atoms with Crippen LogP contribution in [0.3, 0.4) is 0 Å². The molecule has 0 heterocycles. The third-order valence-corrected chi connectivity index (χ3v) is 14.9. The quantitative estimate of drug-likeness (QED) is 0.370. The van der Waals surface area contributed by atoms with Gasteiger partial charge in [0.15, 0.2) is 0 Å². The molecule has 0 bridgehead atoms. The van der Waals surface area contributed by atoms with Gasteiger partial charge in [0.25, 0.3) is 0 Å². The second-order valence-electron chi connectivity index (χ2n) is 8.45. The molecule has 0 fully saturated rings. The Bertz CT molecular complexity index is 1290. The minimum absolute atomic E-state index is 0. The van der Waals surface area contributed by atoms with E-state index in [-0.39, 0.29) is 12.4 Å². The van der Waals surface area contributed by atoms with Gasteiger partial charge in [-0.05, 0) is 0 Å². The fourth-order valence-corrected chi connectivity index (χ4v) is 14.3. The maximum atomic E-state index is 2.43. The number of fused-ring (bicyclic) bond motifs is 3. The topological polar surface area (TPSA) is 0 Å². The first-order valence-corrected chi connectivity index (χ1v) is 15.2. The first-order chi connectivity index (χ1) is 15.9. The first kappa shape index (κ1) is 22.2. The van der Waals surface area contributed by atoms with Crippen molar-refractivity contribution >= 4 is 3.21 Å². The zero-order chi connectivity index (χ0) is 21.3. The summed E-state index contributed by atoms with van der Waals surface area (Å²) in [6.07, 6.45) is 8.15. The molecule has 0 spiro atoms. The van der Waals surface area contributed by atoms with E-state index in [1.165, 1.54) is 33.4 Å². The summed E-state index contributed by atoms with van der Waals surface area (Å²) < 4.78 is 3.79. The molecule has 159 valence electrons. The molecule has 0 atom stereocenters. The van der Waals surface area contributed by atoms with Crippen molar-refractivity contribution in [3.63, 3.8) is 0 Å². The van der Waals surface area contributed by atoms with E-state index in [4.69, 9.17) is 0 Å². The van der Waals surface area contributed by atoms with E-state index in [0.717, 1.165) is 6.42 Å². The molecule has 0 aliphatic heterocycles. The van der Waals surface area contributed by atoms with E-state index >= 15 is 0 Å². The summed E-state index contributed by atoms with van der Waals surface area (Å²) in [5.74, 6) is 0. The number of allylic oxidation sites excluding steroid dienone is 4. The van der Waals surface area contributed by atoms with Crippen molar-refractivity contribution < 1.29 is 33.7 Å². The van der Waals surface area contributed by atoms with Crippen molar-refractivity contribution in [2.45, 2.75) is 10.0 Å². The van der Waals surface area contributed by atoms with Crippen molar-refractivity contribution in [3.05, 3.63) is 153 Å². The third-order valence-electron chi connectivity index (χ3n) is 6.63. The second kappa shape index (κ2) is 9.72. The summed E-state index contributed by atoms with van der Waals surface area (Å²) in [5, 5.41) is 0. The Morgan fingerprint density at radius 3 is 1.58 bits per heavy atom. The van der Waals surface area contributed by atoms with E-state index in [9.17, 15) is 0 Å². The van der Waals surface area contributed by atoms with Crippen LogP contribution in [-0.2, 0) is 21.3 Å². The largest absolute Gasteiger partial charge is 1.00 e. The Hall–Kier alpha value is -2.60. The molecule has 2 aliphatic rings. The van der Waals surface area contributed by atoms with Crippen LogP contribution in [0.15, 0.2) is 131 Å². The number of rotatable bonds is 4. The van der Waals surface area contributed by atoms with Gasteiger partial charge in [0.1, 0.15) is 0 Å². The van der Waals surface area contributed by atoms with Gasteiger partial charge in [0, 0.05) is 0 Å². The second-order valence-corrected chi connectivity index (χ2v) is 14.7. The van der Waals surface area contributed by atoms with Crippen LogP contribution in [0.5, 0.6) is 0 Å². The molecule has 6 rings (SSSR count). The fraction of sp³-hybridized carbons (Fsp3) is 0.0645. The van der Waals surface area contributed by atoms with E-state index < -0.39 is 21.3 Å². The summed E-state index contributed by atoms with van der Waals surface area (Å²) in [5.41, 5.74) is 8.70. The summed E-state index contributed by atoms with van der Waals surface area (Å²) in [7, 11) is 0. The molecule has 0 unspecified atom stereocenters. The van der Waals surface area contributed by atoms with Gasteiger partial charge in [-0.3, -0.25) is 0 Å². The van der Waals surface area contributed by atoms with Crippen LogP contribution < -0.4 is 12.4 Å².